The molecule has 0 spiro atoms. The zero-order valence-electron chi connectivity index (χ0n) is 10.5. The van der Waals surface area contributed by atoms with Crippen LogP contribution in [0.5, 0.6) is 0 Å². The summed E-state index contributed by atoms with van der Waals surface area (Å²) in [5, 5.41) is 0. The average Bonchev–Trinajstić information content (AvgIpc) is 2.40. The van der Waals surface area contributed by atoms with E-state index in [0.29, 0.717) is 0 Å². The summed E-state index contributed by atoms with van der Waals surface area (Å²) in [6.07, 6.45) is 0.0914. The molecule has 2 aromatic rings. The lowest BCUT2D eigenvalue weighted by atomic mass is 9.86. The maximum atomic E-state index is 14.0. The van der Waals surface area contributed by atoms with Gasteiger partial charge in [-0.1, -0.05) is 30.3 Å². The standard InChI is InChI=1S/C15H14BrF2N/c1-15(19,10-5-3-2-4-6-10)9-11-13(17)8-7-12(16)14(11)18/h2-8H,9,19H2,1H3. The molecule has 0 radical (unpaired) electrons. The largest absolute Gasteiger partial charge is 0.321 e. The van der Waals surface area contributed by atoms with Gasteiger partial charge in [-0.3, -0.25) is 0 Å². The molecule has 0 amide bonds. The van der Waals surface area contributed by atoms with E-state index >= 15 is 0 Å². The van der Waals surface area contributed by atoms with Crippen molar-refractivity contribution in [3.05, 3.63) is 69.7 Å². The molecule has 2 rings (SSSR count). The molecule has 0 bridgehead atoms. The zero-order valence-corrected chi connectivity index (χ0v) is 12.0. The van der Waals surface area contributed by atoms with Crippen LogP contribution in [0.3, 0.4) is 0 Å². The number of halogens is 3. The molecule has 1 nitrogen and oxygen atoms in total. The van der Waals surface area contributed by atoms with Gasteiger partial charge in [0.15, 0.2) is 0 Å². The van der Waals surface area contributed by atoms with Crippen LogP contribution in [-0.2, 0) is 12.0 Å². The smallest absolute Gasteiger partial charge is 0.143 e. The van der Waals surface area contributed by atoms with Gasteiger partial charge in [-0.05, 0) is 40.5 Å². The van der Waals surface area contributed by atoms with Crippen LogP contribution in [0.2, 0.25) is 0 Å². The van der Waals surface area contributed by atoms with E-state index in [1.54, 1.807) is 6.92 Å². The second-order valence-corrected chi connectivity index (χ2v) is 5.64. The summed E-state index contributed by atoms with van der Waals surface area (Å²) in [4.78, 5) is 0. The molecule has 0 aliphatic rings. The van der Waals surface area contributed by atoms with Crippen LogP contribution >= 0.6 is 15.9 Å². The lowest BCUT2D eigenvalue weighted by Gasteiger charge is -2.26. The monoisotopic (exact) mass is 325 g/mol. The van der Waals surface area contributed by atoms with Gasteiger partial charge in [-0.2, -0.15) is 0 Å². The van der Waals surface area contributed by atoms with E-state index in [-0.39, 0.29) is 16.5 Å². The van der Waals surface area contributed by atoms with Crippen LogP contribution in [0.4, 0.5) is 8.78 Å². The van der Waals surface area contributed by atoms with Crippen molar-refractivity contribution in [3.8, 4) is 0 Å². The summed E-state index contributed by atoms with van der Waals surface area (Å²) >= 11 is 3.06. The topological polar surface area (TPSA) is 26.0 Å². The molecule has 1 atom stereocenters. The first-order chi connectivity index (χ1) is 8.92. The molecular weight excluding hydrogens is 312 g/mol. The Morgan fingerprint density at radius 3 is 2.37 bits per heavy atom. The molecule has 4 heteroatoms. The van der Waals surface area contributed by atoms with Crippen molar-refractivity contribution >= 4 is 15.9 Å². The Balaban J connectivity index is 2.39. The van der Waals surface area contributed by atoms with Crippen molar-refractivity contribution in [2.45, 2.75) is 18.9 Å². The predicted octanol–water partition coefficient (Wildman–Crippen LogP) is 4.14. The lowest BCUT2D eigenvalue weighted by molar-refractivity contribution is 0.454. The van der Waals surface area contributed by atoms with Gasteiger partial charge >= 0.3 is 0 Å². The highest BCUT2D eigenvalue weighted by Crippen LogP contribution is 2.28. The summed E-state index contributed by atoms with van der Waals surface area (Å²) in [5.41, 5.74) is 6.22. The van der Waals surface area contributed by atoms with Crippen LogP contribution in [0.1, 0.15) is 18.1 Å². The molecule has 100 valence electrons. The maximum Gasteiger partial charge on any atom is 0.143 e. The Morgan fingerprint density at radius 2 is 1.74 bits per heavy atom. The van der Waals surface area contributed by atoms with Crippen molar-refractivity contribution in [2.75, 3.05) is 0 Å². The molecular formula is C15H14BrF2N. The Hall–Kier alpha value is -1.26. The maximum absolute atomic E-state index is 14.0. The van der Waals surface area contributed by atoms with Crippen molar-refractivity contribution in [1.29, 1.82) is 0 Å². The third-order valence-electron chi connectivity index (χ3n) is 3.12. The number of benzene rings is 2. The van der Waals surface area contributed by atoms with Crippen LogP contribution in [0.15, 0.2) is 46.9 Å². The molecule has 2 aromatic carbocycles. The third-order valence-corrected chi connectivity index (χ3v) is 3.73. The molecule has 0 saturated heterocycles. The van der Waals surface area contributed by atoms with E-state index < -0.39 is 17.2 Å². The highest BCUT2D eigenvalue weighted by molar-refractivity contribution is 9.10. The van der Waals surface area contributed by atoms with E-state index in [0.717, 1.165) is 5.56 Å². The van der Waals surface area contributed by atoms with Gasteiger partial charge in [0.25, 0.3) is 0 Å². The minimum absolute atomic E-state index is 0.00299. The zero-order chi connectivity index (χ0) is 14.0. The quantitative estimate of drug-likeness (QED) is 0.843. The highest BCUT2D eigenvalue weighted by Gasteiger charge is 2.25. The van der Waals surface area contributed by atoms with Gasteiger partial charge in [-0.15, -0.1) is 0 Å². The van der Waals surface area contributed by atoms with E-state index in [4.69, 9.17) is 5.73 Å². The Kier molecular flexibility index (Phi) is 4.02. The first kappa shape index (κ1) is 14.2. The fourth-order valence-electron chi connectivity index (χ4n) is 2.02. The summed E-state index contributed by atoms with van der Waals surface area (Å²) in [7, 11) is 0. The van der Waals surface area contributed by atoms with Gasteiger partial charge in [0.05, 0.1) is 4.47 Å². The van der Waals surface area contributed by atoms with Gasteiger partial charge in [0.1, 0.15) is 11.6 Å². The minimum Gasteiger partial charge on any atom is -0.321 e. The Labute approximate surface area is 119 Å². The van der Waals surface area contributed by atoms with Gasteiger partial charge in [-0.25, -0.2) is 8.78 Å². The minimum atomic E-state index is -0.830. The molecule has 19 heavy (non-hydrogen) atoms. The first-order valence-corrected chi connectivity index (χ1v) is 6.68. The first-order valence-electron chi connectivity index (χ1n) is 5.88. The van der Waals surface area contributed by atoms with Crippen LogP contribution in [0, 0.1) is 11.6 Å². The fourth-order valence-corrected chi connectivity index (χ4v) is 2.39. The number of hydrogen-bond acceptors (Lipinski definition) is 1. The van der Waals surface area contributed by atoms with E-state index in [1.165, 1.54) is 12.1 Å². The predicted molar refractivity (Wildman–Crippen MR) is 75.7 cm³/mol. The van der Waals surface area contributed by atoms with Gasteiger partial charge in [0.2, 0.25) is 0 Å². The number of hydrogen-bond donors (Lipinski definition) is 1. The summed E-state index contributed by atoms with van der Waals surface area (Å²) in [5.74, 6) is -1.17. The van der Waals surface area contributed by atoms with Crippen molar-refractivity contribution in [1.82, 2.24) is 0 Å². The van der Waals surface area contributed by atoms with Crippen LogP contribution in [-0.4, -0.2) is 0 Å². The molecule has 0 saturated carbocycles. The van der Waals surface area contributed by atoms with E-state index in [2.05, 4.69) is 15.9 Å². The molecule has 0 fully saturated rings. The fraction of sp³-hybridized carbons (Fsp3) is 0.200. The molecule has 0 heterocycles. The number of rotatable bonds is 3. The highest BCUT2D eigenvalue weighted by atomic mass is 79.9. The third kappa shape index (κ3) is 3.01. The summed E-state index contributed by atoms with van der Waals surface area (Å²) in [6, 6.07) is 11.9. The lowest BCUT2D eigenvalue weighted by Crippen LogP contribution is -2.36. The second kappa shape index (κ2) is 5.39. The molecule has 0 aliphatic heterocycles. The average molecular weight is 326 g/mol. The summed E-state index contributed by atoms with van der Waals surface area (Å²) < 4.78 is 28.0. The van der Waals surface area contributed by atoms with E-state index in [9.17, 15) is 8.78 Å². The van der Waals surface area contributed by atoms with Gasteiger partial charge in [0, 0.05) is 17.5 Å². The van der Waals surface area contributed by atoms with Crippen molar-refractivity contribution in [3.63, 3.8) is 0 Å². The molecule has 1 unspecified atom stereocenters. The normalized spacial score (nSPS) is 14.2. The number of nitrogens with two attached hydrogens (primary N) is 1. The Morgan fingerprint density at radius 1 is 1.11 bits per heavy atom. The molecule has 0 aromatic heterocycles. The molecule has 0 aliphatic carbocycles. The summed E-state index contributed by atoms with van der Waals surface area (Å²) in [6.45, 7) is 1.77. The Bertz CT molecular complexity index is 582. The van der Waals surface area contributed by atoms with E-state index in [1.807, 2.05) is 30.3 Å². The van der Waals surface area contributed by atoms with Crippen molar-refractivity contribution in [2.24, 2.45) is 5.73 Å². The van der Waals surface area contributed by atoms with Crippen LogP contribution < -0.4 is 5.73 Å². The SMILES string of the molecule is CC(N)(Cc1c(F)ccc(Br)c1F)c1ccccc1. The van der Waals surface area contributed by atoms with Crippen molar-refractivity contribution < 1.29 is 8.78 Å². The second-order valence-electron chi connectivity index (χ2n) is 4.78. The molecule has 2 N–H and O–H groups in total. The van der Waals surface area contributed by atoms with Crippen LogP contribution in [0.25, 0.3) is 0 Å². The van der Waals surface area contributed by atoms with Gasteiger partial charge < -0.3 is 5.73 Å².